The van der Waals surface area contributed by atoms with Gasteiger partial charge in [-0.25, -0.2) is 0 Å². The van der Waals surface area contributed by atoms with Gasteiger partial charge in [-0.1, -0.05) is 12.1 Å². The van der Waals surface area contributed by atoms with E-state index in [4.69, 9.17) is 4.74 Å². The summed E-state index contributed by atoms with van der Waals surface area (Å²) in [5.41, 5.74) is 2.85. The van der Waals surface area contributed by atoms with Gasteiger partial charge in [0.1, 0.15) is 11.4 Å². The van der Waals surface area contributed by atoms with Crippen LogP contribution in [0.2, 0.25) is 0 Å². The van der Waals surface area contributed by atoms with E-state index < -0.39 is 0 Å². The van der Waals surface area contributed by atoms with E-state index in [1.165, 1.54) is 0 Å². The summed E-state index contributed by atoms with van der Waals surface area (Å²) in [6.45, 7) is 0.438. The highest BCUT2D eigenvalue weighted by Crippen LogP contribution is 2.23. The van der Waals surface area contributed by atoms with Crippen molar-refractivity contribution in [2.75, 3.05) is 14.2 Å². The first-order valence-corrected chi connectivity index (χ1v) is 7.50. The first-order valence-electron chi connectivity index (χ1n) is 7.50. The molecular weight excluding hydrogens is 306 g/mol. The summed E-state index contributed by atoms with van der Waals surface area (Å²) < 4.78 is 6.93. The van der Waals surface area contributed by atoms with E-state index in [1.54, 1.807) is 29.8 Å². The number of ether oxygens (including phenoxy) is 1. The summed E-state index contributed by atoms with van der Waals surface area (Å²) in [6, 6.07) is 11.2. The van der Waals surface area contributed by atoms with E-state index in [-0.39, 0.29) is 5.91 Å². The van der Waals surface area contributed by atoms with Crippen molar-refractivity contribution in [2.45, 2.75) is 6.54 Å². The highest BCUT2D eigenvalue weighted by Gasteiger charge is 2.16. The minimum absolute atomic E-state index is 0.137. The number of nitrogens with one attached hydrogen (secondary N) is 1. The maximum Gasteiger partial charge on any atom is 0.271 e. The third-order valence-corrected chi connectivity index (χ3v) is 3.69. The number of aryl methyl sites for hydroxylation is 1. The lowest BCUT2D eigenvalue weighted by Crippen LogP contribution is -2.26. The molecule has 0 saturated carbocycles. The van der Waals surface area contributed by atoms with Gasteiger partial charge in [0, 0.05) is 25.9 Å². The number of aromatic amines is 1. The minimum Gasteiger partial charge on any atom is -0.497 e. The Labute approximate surface area is 139 Å². The number of aromatic nitrogens is 4. The Hall–Kier alpha value is -3.09. The molecule has 24 heavy (non-hydrogen) atoms. The second-order valence-corrected chi connectivity index (χ2v) is 5.54. The number of carbonyl (C=O) groups is 1. The summed E-state index contributed by atoms with van der Waals surface area (Å²) in [7, 11) is 5.20. The molecule has 0 unspecified atom stereocenters. The molecule has 1 N–H and O–H groups in total. The Bertz CT molecular complexity index is 852. The largest absolute Gasteiger partial charge is 0.497 e. The third kappa shape index (κ3) is 3.29. The monoisotopic (exact) mass is 325 g/mol. The molecule has 1 amide bonds. The van der Waals surface area contributed by atoms with Crippen LogP contribution in [0.5, 0.6) is 5.75 Å². The van der Waals surface area contributed by atoms with Crippen molar-refractivity contribution in [1.29, 1.82) is 0 Å². The molecule has 7 nitrogen and oxygen atoms in total. The van der Waals surface area contributed by atoms with Crippen LogP contribution in [-0.4, -0.2) is 44.9 Å². The van der Waals surface area contributed by atoms with Crippen molar-refractivity contribution in [2.24, 2.45) is 7.05 Å². The van der Waals surface area contributed by atoms with Crippen molar-refractivity contribution in [3.05, 3.63) is 54.0 Å². The molecule has 0 atom stereocenters. The molecule has 7 heteroatoms. The van der Waals surface area contributed by atoms with E-state index >= 15 is 0 Å². The number of rotatable bonds is 5. The molecule has 3 rings (SSSR count). The van der Waals surface area contributed by atoms with E-state index in [1.807, 2.05) is 43.6 Å². The van der Waals surface area contributed by atoms with Gasteiger partial charge in [-0.05, 0) is 24.3 Å². The predicted octanol–water partition coefficient (Wildman–Crippen LogP) is 2.09. The first-order chi connectivity index (χ1) is 11.6. The molecule has 2 aromatic heterocycles. The summed E-state index contributed by atoms with van der Waals surface area (Å²) in [6.07, 6.45) is 1.85. The fourth-order valence-electron chi connectivity index (χ4n) is 2.43. The molecule has 0 aliphatic heterocycles. The predicted molar refractivity (Wildman–Crippen MR) is 89.6 cm³/mol. The van der Waals surface area contributed by atoms with Crippen molar-refractivity contribution in [3.63, 3.8) is 0 Å². The van der Waals surface area contributed by atoms with Gasteiger partial charge >= 0.3 is 0 Å². The van der Waals surface area contributed by atoms with Crippen LogP contribution in [0.15, 0.2) is 42.6 Å². The van der Waals surface area contributed by atoms with Gasteiger partial charge in [-0.3, -0.25) is 14.6 Å². The second-order valence-electron chi connectivity index (χ2n) is 5.54. The van der Waals surface area contributed by atoms with Gasteiger partial charge in [-0.15, -0.1) is 0 Å². The molecule has 124 valence electrons. The Morgan fingerprint density at radius 2 is 2.17 bits per heavy atom. The van der Waals surface area contributed by atoms with E-state index in [0.717, 1.165) is 17.0 Å². The fraction of sp³-hybridized carbons (Fsp3) is 0.235. The zero-order valence-electron chi connectivity index (χ0n) is 13.9. The Morgan fingerprint density at radius 3 is 2.88 bits per heavy atom. The smallest absolute Gasteiger partial charge is 0.271 e. The Kier molecular flexibility index (Phi) is 4.33. The van der Waals surface area contributed by atoms with Crippen LogP contribution in [0.3, 0.4) is 0 Å². The Balaban J connectivity index is 1.75. The van der Waals surface area contributed by atoms with Crippen LogP contribution in [-0.2, 0) is 13.6 Å². The van der Waals surface area contributed by atoms with Gasteiger partial charge in [-0.2, -0.15) is 10.2 Å². The number of carbonyl (C=O) groups excluding carboxylic acids is 1. The molecule has 2 heterocycles. The van der Waals surface area contributed by atoms with Gasteiger partial charge in [0.25, 0.3) is 5.91 Å². The molecule has 0 fully saturated rings. The average molecular weight is 325 g/mol. The van der Waals surface area contributed by atoms with Crippen molar-refractivity contribution < 1.29 is 9.53 Å². The molecule has 0 bridgehead atoms. The lowest BCUT2D eigenvalue weighted by atomic mass is 10.1. The molecular formula is C17H19N5O2. The maximum absolute atomic E-state index is 12.5. The molecule has 0 spiro atoms. The number of hydrogen-bond donors (Lipinski definition) is 1. The molecule has 0 radical (unpaired) electrons. The number of amides is 1. The van der Waals surface area contributed by atoms with E-state index in [0.29, 0.717) is 17.9 Å². The summed E-state index contributed by atoms with van der Waals surface area (Å²) >= 11 is 0. The van der Waals surface area contributed by atoms with Crippen LogP contribution >= 0.6 is 0 Å². The highest BCUT2D eigenvalue weighted by atomic mass is 16.5. The van der Waals surface area contributed by atoms with Gasteiger partial charge in [0.05, 0.1) is 25.0 Å². The van der Waals surface area contributed by atoms with Crippen molar-refractivity contribution in [3.8, 4) is 17.0 Å². The van der Waals surface area contributed by atoms with Crippen LogP contribution in [0, 0.1) is 0 Å². The Morgan fingerprint density at radius 1 is 1.33 bits per heavy atom. The fourth-order valence-corrected chi connectivity index (χ4v) is 2.43. The van der Waals surface area contributed by atoms with E-state index in [2.05, 4.69) is 15.3 Å². The van der Waals surface area contributed by atoms with E-state index in [9.17, 15) is 4.79 Å². The minimum atomic E-state index is -0.137. The third-order valence-electron chi connectivity index (χ3n) is 3.69. The molecule has 1 aromatic carbocycles. The van der Waals surface area contributed by atoms with Gasteiger partial charge in [0.15, 0.2) is 0 Å². The average Bonchev–Trinajstić information content (AvgIpc) is 3.23. The lowest BCUT2D eigenvalue weighted by Gasteiger charge is -2.14. The molecule has 0 aliphatic carbocycles. The van der Waals surface area contributed by atoms with Crippen LogP contribution in [0.4, 0.5) is 0 Å². The topological polar surface area (TPSA) is 76.0 Å². The van der Waals surface area contributed by atoms with Gasteiger partial charge < -0.3 is 9.64 Å². The first kappa shape index (κ1) is 15.8. The summed E-state index contributed by atoms with van der Waals surface area (Å²) in [4.78, 5) is 14.1. The number of methoxy groups -OCH3 is 1. The number of hydrogen-bond acceptors (Lipinski definition) is 4. The van der Waals surface area contributed by atoms with Crippen LogP contribution < -0.4 is 4.74 Å². The van der Waals surface area contributed by atoms with Crippen LogP contribution in [0.1, 0.15) is 16.2 Å². The number of nitrogens with zero attached hydrogens (tertiary/aromatic N) is 4. The standard InChI is InChI=1S/C17H19N5O2/c1-21(11-13-7-8-22(2)20-13)17(23)16-10-15(18-19-16)12-5-4-6-14(9-12)24-3/h4-10H,11H2,1-3H3,(H,18,19). The summed E-state index contributed by atoms with van der Waals surface area (Å²) in [5.74, 6) is 0.609. The molecule has 3 aromatic rings. The number of H-pyrrole nitrogens is 1. The van der Waals surface area contributed by atoms with Crippen molar-refractivity contribution >= 4 is 5.91 Å². The summed E-state index contributed by atoms with van der Waals surface area (Å²) in [5, 5.41) is 11.3. The quantitative estimate of drug-likeness (QED) is 0.779. The van der Waals surface area contributed by atoms with Crippen molar-refractivity contribution in [1.82, 2.24) is 24.9 Å². The van der Waals surface area contributed by atoms with Gasteiger partial charge in [0.2, 0.25) is 0 Å². The molecule has 0 saturated heterocycles. The number of benzene rings is 1. The molecule has 0 aliphatic rings. The second kappa shape index (κ2) is 6.57. The SMILES string of the molecule is COc1cccc(-c2cc(C(=O)N(C)Cc3ccn(C)n3)[nH]n2)c1. The zero-order valence-corrected chi connectivity index (χ0v) is 13.9. The maximum atomic E-state index is 12.5. The highest BCUT2D eigenvalue weighted by molar-refractivity contribution is 5.93. The zero-order chi connectivity index (χ0) is 17.1. The lowest BCUT2D eigenvalue weighted by molar-refractivity contribution is 0.0777. The normalized spacial score (nSPS) is 10.6. The van der Waals surface area contributed by atoms with Crippen LogP contribution in [0.25, 0.3) is 11.3 Å².